The van der Waals surface area contributed by atoms with Crippen molar-refractivity contribution < 1.29 is 9.90 Å². The predicted octanol–water partition coefficient (Wildman–Crippen LogP) is 5.23. The highest BCUT2D eigenvalue weighted by molar-refractivity contribution is 5.66. The summed E-state index contributed by atoms with van der Waals surface area (Å²) in [6.45, 7) is 16.9. The molecule has 0 aromatic rings. The summed E-state index contributed by atoms with van der Waals surface area (Å²) in [5.41, 5.74) is 2.56. The van der Waals surface area contributed by atoms with E-state index in [1.54, 1.807) is 0 Å². The van der Waals surface area contributed by atoms with Gasteiger partial charge in [-0.3, -0.25) is 4.79 Å². The fraction of sp³-hybridized carbons (Fsp3) is 0.650. The smallest absolute Gasteiger partial charge is 0.303 e. The van der Waals surface area contributed by atoms with Crippen LogP contribution in [0.3, 0.4) is 0 Å². The Balaban J connectivity index is 2.34. The number of fused-ring (bicyclic) bond motifs is 1. The Morgan fingerprint density at radius 2 is 2.09 bits per heavy atom. The molecule has 5 unspecified atom stereocenters. The van der Waals surface area contributed by atoms with Crippen molar-refractivity contribution in [1.82, 2.24) is 0 Å². The summed E-state index contributed by atoms with van der Waals surface area (Å²) in [7, 11) is 0. The molecular weight excluding hydrogens is 272 g/mol. The van der Waals surface area contributed by atoms with Crippen LogP contribution in [0.1, 0.15) is 52.4 Å². The van der Waals surface area contributed by atoms with Gasteiger partial charge in [-0.25, -0.2) is 0 Å². The average Bonchev–Trinajstić information content (AvgIpc) is 2.45. The first-order chi connectivity index (χ1) is 10.3. The van der Waals surface area contributed by atoms with Gasteiger partial charge >= 0.3 is 5.97 Å². The number of aliphatic carboxylic acids is 1. The van der Waals surface area contributed by atoms with Gasteiger partial charge in [-0.15, -0.1) is 6.58 Å². The van der Waals surface area contributed by atoms with Crippen LogP contribution < -0.4 is 0 Å². The van der Waals surface area contributed by atoms with E-state index in [1.165, 1.54) is 17.6 Å². The quantitative estimate of drug-likeness (QED) is 0.706. The van der Waals surface area contributed by atoms with Gasteiger partial charge in [0.2, 0.25) is 0 Å². The fourth-order valence-corrected chi connectivity index (χ4v) is 5.31. The molecule has 0 bridgehead atoms. The summed E-state index contributed by atoms with van der Waals surface area (Å²) in [6.07, 6.45) is 7.54. The Bertz CT molecular complexity index is 490. The molecule has 0 aromatic heterocycles. The van der Waals surface area contributed by atoms with Gasteiger partial charge in [0.15, 0.2) is 0 Å². The van der Waals surface area contributed by atoms with Gasteiger partial charge in [-0.2, -0.15) is 0 Å². The number of hydrogen-bond acceptors (Lipinski definition) is 1. The third kappa shape index (κ3) is 2.93. The van der Waals surface area contributed by atoms with Crippen molar-refractivity contribution in [3.05, 3.63) is 37.0 Å². The summed E-state index contributed by atoms with van der Waals surface area (Å²) >= 11 is 0. The van der Waals surface area contributed by atoms with E-state index in [1.807, 2.05) is 0 Å². The summed E-state index contributed by atoms with van der Waals surface area (Å²) < 4.78 is 0. The Labute approximate surface area is 135 Å². The number of carbonyl (C=O) groups is 1. The van der Waals surface area contributed by atoms with Crippen LogP contribution in [0.25, 0.3) is 0 Å². The second-order valence-electron chi connectivity index (χ2n) is 7.60. The number of hydrogen-bond donors (Lipinski definition) is 1. The molecular formula is C20H30O2. The zero-order valence-electron chi connectivity index (χ0n) is 14.1. The zero-order chi connectivity index (χ0) is 16.5. The molecule has 2 saturated carbocycles. The first kappa shape index (κ1) is 17.1. The molecule has 0 saturated heterocycles. The summed E-state index contributed by atoms with van der Waals surface area (Å²) in [4.78, 5) is 11.1. The van der Waals surface area contributed by atoms with Crippen molar-refractivity contribution in [1.29, 1.82) is 0 Å². The van der Waals surface area contributed by atoms with Crippen LogP contribution in [0, 0.1) is 29.1 Å². The van der Waals surface area contributed by atoms with E-state index in [9.17, 15) is 4.79 Å². The second-order valence-corrected chi connectivity index (χ2v) is 7.60. The molecule has 0 aromatic carbocycles. The van der Waals surface area contributed by atoms with Crippen LogP contribution in [0.5, 0.6) is 0 Å². The third-order valence-corrected chi connectivity index (χ3v) is 6.38. The van der Waals surface area contributed by atoms with Crippen LogP contribution >= 0.6 is 0 Å². The van der Waals surface area contributed by atoms with E-state index in [0.29, 0.717) is 23.7 Å². The van der Waals surface area contributed by atoms with Gasteiger partial charge in [0.1, 0.15) is 0 Å². The topological polar surface area (TPSA) is 37.3 Å². The molecule has 1 N–H and O–H groups in total. The fourth-order valence-electron chi connectivity index (χ4n) is 5.31. The largest absolute Gasteiger partial charge is 0.481 e. The zero-order valence-corrected chi connectivity index (χ0v) is 14.1. The highest BCUT2D eigenvalue weighted by Gasteiger charge is 2.51. The molecule has 2 nitrogen and oxygen atoms in total. The lowest BCUT2D eigenvalue weighted by atomic mass is 9.49. The van der Waals surface area contributed by atoms with Gasteiger partial charge in [-0.1, -0.05) is 37.3 Å². The molecule has 122 valence electrons. The standard InChI is InChI=1S/C20H30O2/c1-6-15-14(4)7-9-18-16(15)8-10-17(13(2)3)20(18,5)12-11-19(21)22/h6,15-18H,1-2,4,7-12H2,3,5H3,(H,21,22). The first-order valence-corrected chi connectivity index (χ1v) is 8.48. The van der Waals surface area contributed by atoms with Crippen molar-refractivity contribution in [3.63, 3.8) is 0 Å². The van der Waals surface area contributed by atoms with Gasteiger partial charge in [-0.05, 0) is 62.2 Å². The Morgan fingerprint density at radius 3 is 2.64 bits per heavy atom. The van der Waals surface area contributed by atoms with Gasteiger partial charge in [0, 0.05) is 12.3 Å². The molecule has 2 aliphatic rings. The van der Waals surface area contributed by atoms with Crippen LogP contribution in [0.4, 0.5) is 0 Å². The molecule has 22 heavy (non-hydrogen) atoms. The number of rotatable bonds is 5. The van der Waals surface area contributed by atoms with Crippen LogP contribution in [0.2, 0.25) is 0 Å². The molecule has 5 atom stereocenters. The minimum Gasteiger partial charge on any atom is -0.481 e. The SMILES string of the molecule is C=CC1C(=C)CCC2C1CCC(C(=C)C)C2(C)CCC(=O)O. The summed E-state index contributed by atoms with van der Waals surface area (Å²) in [5, 5.41) is 9.17. The second kappa shape index (κ2) is 6.44. The van der Waals surface area contributed by atoms with E-state index in [2.05, 4.69) is 39.7 Å². The number of allylic oxidation sites excluding steroid dienone is 3. The number of carboxylic acid groups (broad SMARTS) is 1. The maximum atomic E-state index is 11.1. The highest BCUT2D eigenvalue weighted by atomic mass is 16.4. The van der Waals surface area contributed by atoms with Gasteiger partial charge < -0.3 is 5.11 Å². The molecule has 0 spiro atoms. The van der Waals surface area contributed by atoms with Crippen molar-refractivity contribution in [2.45, 2.75) is 52.4 Å². The molecule has 2 heteroatoms. The van der Waals surface area contributed by atoms with Crippen molar-refractivity contribution in [2.75, 3.05) is 0 Å². The summed E-state index contributed by atoms with van der Waals surface area (Å²) in [6, 6.07) is 0. The molecule has 0 amide bonds. The van der Waals surface area contributed by atoms with Crippen LogP contribution in [-0.4, -0.2) is 11.1 Å². The Kier molecular flexibility index (Phi) is 4.99. The van der Waals surface area contributed by atoms with Crippen molar-refractivity contribution >= 4 is 5.97 Å². The highest BCUT2D eigenvalue weighted by Crippen LogP contribution is 2.59. The average molecular weight is 302 g/mol. The normalized spacial score (nSPS) is 38.2. The lowest BCUT2D eigenvalue weighted by molar-refractivity contribution is -0.138. The van der Waals surface area contributed by atoms with E-state index in [-0.39, 0.29) is 11.8 Å². The van der Waals surface area contributed by atoms with E-state index >= 15 is 0 Å². The van der Waals surface area contributed by atoms with Gasteiger partial charge in [0.05, 0.1) is 0 Å². The Morgan fingerprint density at radius 1 is 1.41 bits per heavy atom. The molecule has 2 aliphatic carbocycles. The van der Waals surface area contributed by atoms with Crippen LogP contribution in [-0.2, 0) is 4.79 Å². The lowest BCUT2D eigenvalue weighted by Gasteiger charge is -2.56. The summed E-state index contributed by atoms with van der Waals surface area (Å²) in [5.74, 6) is 1.27. The van der Waals surface area contributed by atoms with E-state index < -0.39 is 5.97 Å². The molecule has 0 heterocycles. The van der Waals surface area contributed by atoms with Crippen LogP contribution in [0.15, 0.2) is 37.0 Å². The molecule has 0 radical (unpaired) electrons. The van der Waals surface area contributed by atoms with E-state index in [4.69, 9.17) is 5.11 Å². The van der Waals surface area contributed by atoms with Crippen molar-refractivity contribution in [2.24, 2.45) is 29.1 Å². The third-order valence-electron chi connectivity index (χ3n) is 6.38. The molecule has 2 fully saturated rings. The maximum absolute atomic E-state index is 11.1. The monoisotopic (exact) mass is 302 g/mol. The van der Waals surface area contributed by atoms with Crippen molar-refractivity contribution in [3.8, 4) is 0 Å². The Hall–Kier alpha value is -1.31. The number of carboxylic acids is 1. The van der Waals surface area contributed by atoms with Gasteiger partial charge in [0.25, 0.3) is 0 Å². The lowest BCUT2D eigenvalue weighted by Crippen LogP contribution is -2.48. The van der Waals surface area contributed by atoms with E-state index in [0.717, 1.165) is 25.7 Å². The first-order valence-electron chi connectivity index (χ1n) is 8.48. The molecule has 0 aliphatic heterocycles. The molecule has 2 rings (SSSR count). The minimum atomic E-state index is -0.690. The minimum absolute atomic E-state index is 0.0368. The predicted molar refractivity (Wildman–Crippen MR) is 91.6 cm³/mol. The maximum Gasteiger partial charge on any atom is 0.303 e.